The van der Waals surface area contributed by atoms with E-state index in [0.717, 1.165) is 22.7 Å². The Morgan fingerprint density at radius 2 is 2.00 bits per heavy atom. The SMILES string of the molecule is Cc1c(C(N)c2ccc(F)cn2)oc2ccccc12. The van der Waals surface area contributed by atoms with Gasteiger partial charge in [0.25, 0.3) is 0 Å². The number of pyridine rings is 1. The van der Waals surface area contributed by atoms with Gasteiger partial charge in [0.05, 0.1) is 11.9 Å². The monoisotopic (exact) mass is 256 g/mol. The zero-order valence-electron chi connectivity index (χ0n) is 10.4. The van der Waals surface area contributed by atoms with Crippen LogP contribution in [0.2, 0.25) is 0 Å². The van der Waals surface area contributed by atoms with Gasteiger partial charge < -0.3 is 10.2 Å². The number of aryl methyl sites for hydroxylation is 1. The predicted molar refractivity (Wildman–Crippen MR) is 71.2 cm³/mol. The van der Waals surface area contributed by atoms with Crippen LogP contribution in [0, 0.1) is 12.7 Å². The number of fused-ring (bicyclic) bond motifs is 1. The molecule has 0 saturated carbocycles. The third-order valence-electron chi connectivity index (χ3n) is 3.23. The minimum Gasteiger partial charge on any atom is -0.459 e. The van der Waals surface area contributed by atoms with E-state index >= 15 is 0 Å². The number of para-hydroxylation sites is 1. The van der Waals surface area contributed by atoms with Gasteiger partial charge in [0, 0.05) is 10.9 Å². The molecule has 1 aromatic carbocycles. The maximum absolute atomic E-state index is 12.9. The molecule has 0 radical (unpaired) electrons. The van der Waals surface area contributed by atoms with Gasteiger partial charge in [-0.1, -0.05) is 18.2 Å². The Balaban J connectivity index is 2.08. The Morgan fingerprint density at radius 1 is 1.21 bits per heavy atom. The van der Waals surface area contributed by atoms with Crippen molar-refractivity contribution in [2.24, 2.45) is 5.73 Å². The fourth-order valence-electron chi connectivity index (χ4n) is 2.20. The Morgan fingerprint density at radius 3 is 2.68 bits per heavy atom. The van der Waals surface area contributed by atoms with E-state index in [2.05, 4.69) is 4.98 Å². The van der Waals surface area contributed by atoms with Crippen LogP contribution in [-0.4, -0.2) is 4.98 Å². The number of furan rings is 1. The summed E-state index contributed by atoms with van der Waals surface area (Å²) in [5, 5.41) is 1.04. The number of benzene rings is 1. The number of rotatable bonds is 2. The lowest BCUT2D eigenvalue weighted by Gasteiger charge is -2.09. The first-order valence-electron chi connectivity index (χ1n) is 6.02. The van der Waals surface area contributed by atoms with Crippen LogP contribution in [-0.2, 0) is 0 Å². The third-order valence-corrected chi connectivity index (χ3v) is 3.23. The van der Waals surface area contributed by atoms with Gasteiger partial charge in [-0.3, -0.25) is 4.98 Å². The van der Waals surface area contributed by atoms with Gasteiger partial charge in [0.15, 0.2) is 0 Å². The van der Waals surface area contributed by atoms with Crippen molar-refractivity contribution in [3.8, 4) is 0 Å². The average molecular weight is 256 g/mol. The van der Waals surface area contributed by atoms with Gasteiger partial charge in [-0.15, -0.1) is 0 Å². The number of hydrogen-bond donors (Lipinski definition) is 1. The highest BCUT2D eigenvalue weighted by Gasteiger charge is 2.19. The van der Waals surface area contributed by atoms with E-state index < -0.39 is 6.04 Å². The van der Waals surface area contributed by atoms with Crippen LogP contribution in [0.1, 0.15) is 23.1 Å². The normalized spacial score (nSPS) is 12.8. The number of nitrogens with two attached hydrogens (primary N) is 1. The highest BCUT2D eigenvalue weighted by atomic mass is 19.1. The Hall–Kier alpha value is -2.20. The molecule has 0 spiro atoms. The molecule has 2 N–H and O–H groups in total. The number of nitrogens with zero attached hydrogens (tertiary/aromatic N) is 1. The summed E-state index contributed by atoms with van der Waals surface area (Å²) in [5.41, 5.74) is 8.53. The van der Waals surface area contributed by atoms with Crippen LogP contribution < -0.4 is 5.73 Å². The van der Waals surface area contributed by atoms with Crippen LogP contribution in [0.5, 0.6) is 0 Å². The molecule has 3 aromatic rings. The first-order valence-corrected chi connectivity index (χ1v) is 6.02. The van der Waals surface area contributed by atoms with Crippen molar-refractivity contribution in [2.75, 3.05) is 0 Å². The molecule has 2 heterocycles. The summed E-state index contributed by atoms with van der Waals surface area (Å²) in [6.07, 6.45) is 1.16. The molecule has 3 nitrogen and oxygen atoms in total. The van der Waals surface area contributed by atoms with Crippen molar-refractivity contribution >= 4 is 11.0 Å². The highest BCUT2D eigenvalue weighted by molar-refractivity contribution is 5.82. The smallest absolute Gasteiger partial charge is 0.141 e. The lowest BCUT2D eigenvalue weighted by molar-refractivity contribution is 0.515. The van der Waals surface area contributed by atoms with E-state index in [1.54, 1.807) is 6.07 Å². The van der Waals surface area contributed by atoms with Crippen molar-refractivity contribution in [1.82, 2.24) is 4.98 Å². The van der Waals surface area contributed by atoms with Gasteiger partial charge >= 0.3 is 0 Å². The quantitative estimate of drug-likeness (QED) is 0.765. The maximum atomic E-state index is 12.9. The summed E-state index contributed by atoms with van der Waals surface area (Å²) in [6, 6.07) is 10.2. The van der Waals surface area contributed by atoms with E-state index in [-0.39, 0.29) is 5.82 Å². The molecule has 1 unspecified atom stereocenters. The molecule has 0 aliphatic rings. The van der Waals surface area contributed by atoms with Crippen molar-refractivity contribution in [3.63, 3.8) is 0 Å². The maximum Gasteiger partial charge on any atom is 0.141 e. The lowest BCUT2D eigenvalue weighted by atomic mass is 10.1. The van der Waals surface area contributed by atoms with Crippen LogP contribution in [0.15, 0.2) is 47.0 Å². The summed E-state index contributed by atoms with van der Waals surface area (Å²) in [4.78, 5) is 4.01. The Bertz CT molecular complexity index is 719. The summed E-state index contributed by atoms with van der Waals surface area (Å²) in [6.45, 7) is 1.96. The standard InChI is InChI=1S/C15H13FN2O/c1-9-11-4-2-3-5-13(11)19-15(9)14(17)12-7-6-10(16)8-18-12/h2-8,14H,17H2,1H3. The first kappa shape index (κ1) is 11.9. The zero-order chi connectivity index (χ0) is 13.4. The summed E-state index contributed by atoms with van der Waals surface area (Å²) >= 11 is 0. The topological polar surface area (TPSA) is 52.0 Å². The number of halogens is 1. The average Bonchev–Trinajstić information content (AvgIpc) is 2.77. The van der Waals surface area contributed by atoms with E-state index in [9.17, 15) is 4.39 Å². The molecular formula is C15H13FN2O. The third kappa shape index (κ3) is 2.00. The number of aromatic nitrogens is 1. The lowest BCUT2D eigenvalue weighted by Crippen LogP contribution is -2.13. The van der Waals surface area contributed by atoms with Gasteiger partial charge in [0.2, 0.25) is 0 Å². The van der Waals surface area contributed by atoms with Gasteiger partial charge in [-0.2, -0.15) is 0 Å². The van der Waals surface area contributed by atoms with Crippen LogP contribution in [0.3, 0.4) is 0 Å². The van der Waals surface area contributed by atoms with Gasteiger partial charge in [-0.05, 0) is 25.1 Å². The van der Waals surface area contributed by atoms with Crippen molar-refractivity contribution in [3.05, 3.63) is 65.4 Å². The van der Waals surface area contributed by atoms with Gasteiger partial charge in [0.1, 0.15) is 23.2 Å². The fourth-order valence-corrected chi connectivity index (χ4v) is 2.20. The molecular weight excluding hydrogens is 243 g/mol. The summed E-state index contributed by atoms with van der Waals surface area (Å²) in [5.74, 6) is 0.289. The molecule has 4 heteroatoms. The molecule has 0 aliphatic heterocycles. The molecule has 3 rings (SSSR count). The van der Waals surface area contributed by atoms with Crippen molar-refractivity contribution < 1.29 is 8.81 Å². The molecule has 2 aromatic heterocycles. The van der Waals surface area contributed by atoms with Crippen LogP contribution in [0.4, 0.5) is 4.39 Å². The Labute approximate surface area is 109 Å². The largest absolute Gasteiger partial charge is 0.459 e. The second kappa shape index (κ2) is 4.48. The molecule has 1 atom stereocenters. The predicted octanol–water partition coefficient (Wildman–Crippen LogP) is 3.32. The van der Waals surface area contributed by atoms with E-state index in [4.69, 9.17) is 10.2 Å². The highest BCUT2D eigenvalue weighted by Crippen LogP contribution is 2.30. The zero-order valence-corrected chi connectivity index (χ0v) is 10.4. The molecule has 0 amide bonds. The second-order valence-electron chi connectivity index (χ2n) is 4.47. The molecule has 0 fully saturated rings. The van der Waals surface area contributed by atoms with Crippen molar-refractivity contribution in [1.29, 1.82) is 0 Å². The first-order chi connectivity index (χ1) is 9.16. The molecule has 19 heavy (non-hydrogen) atoms. The van der Waals surface area contributed by atoms with Crippen LogP contribution >= 0.6 is 0 Å². The number of hydrogen-bond acceptors (Lipinski definition) is 3. The van der Waals surface area contributed by atoms with E-state index in [1.807, 2.05) is 31.2 Å². The minimum atomic E-state index is -0.493. The molecule has 0 aliphatic carbocycles. The van der Waals surface area contributed by atoms with Crippen LogP contribution in [0.25, 0.3) is 11.0 Å². The second-order valence-corrected chi connectivity index (χ2v) is 4.47. The molecule has 96 valence electrons. The Kier molecular flexibility index (Phi) is 2.80. The van der Waals surface area contributed by atoms with E-state index in [0.29, 0.717) is 11.5 Å². The minimum absolute atomic E-state index is 0.378. The molecule has 0 saturated heterocycles. The van der Waals surface area contributed by atoms with Gasteiger partial charge in [-0.25, -0.2) is 4.39 Å². The summed E-state index contributed by atoms with van der Waals surface area (Å²) < 4.78 is 18.7. The van der Waals surface area contributed by atoms with E-state index in [1.165, 1.54) is 6.07 Å². The summed E-state index contributed by atoms with van der Waals surface area (Å²) in [7, 11) is 0. The molecule has 0 bridgehead atoms. The fraction of sp³-hybridized carbons (Fsp3) is 0.133. The van der Waals surface area contributed by atoms with Crippen molar-refractivity contribution in [2.45, 2.75) is 13.0 Å².